The highest BCUT2D eigenvalue weighted by molar-refractivity contribution is 5.75. The Bertz CT molecular complexity index is 520. The van der Waals surface area contributed by atoms with Gasteiger partial charge in [0.05, 0.1) is 20.3 Å². The lowest BCUT2D eigenvalue weighted by atomic mass is 10.0. The number of hydrogen-bond donors (Lipinski definition) is 1. The van der Waals surface area contributed by atoms with Crippen LogP contribution in [-0.2, 0) is 27.3 Å². The number of rotatable bonds is 8. The van der Waals surface area contributed by atoms with Gasteiger partial charge >= 0.3 is 12.1 Å². The molecule has 1 atom stereocenters. The Kier molecular flexibility index (Phi) is 7.31. The molecule has 1 aromatic carbocycles. The van der Waals surface area contributed by atoms with Gasteiger partial charge in [0.2, 0.25) is 0 Å². The molecule has 2 N–H and O–H groups in total. The maximum absolute atomic E-state index is 12.1. The molecule has 5 nitrogen and oxygen atoms in total. The predicted molar refractivity (Wildman–Crippen MR) is 77.0 cm³/mol. The average Bonchev–Trinajstić information content (AvgIpc) is 2.46. The molecular weight excluding hydrogens is 315 g/mol. The Morgan fingerprint density at radius 3 is 2.61 bits per heavy atom. The number of nitrogens with two attached hydrogens (primary N) is 1. The third-order valence-electron chi connectivity index (χ3n) is 2.91. The zero-order valence-electron chi connectivity index (χ0n) is 13.0. The monoisotopic (exact) mass is 335 g/mol. The van der Waals surface area contributed by atoms with E-state index >= 15 is 0 Å². The van der Waals surface area contributed by atoms with Crippen molar-refractivity contribution in [1.82, 2.24) is 0 Å². The first-order valence-corrected chi connectivity index (χ1v) is 6.99. The molecule has 0 aliphatic heterocycles. The summed E-state index contributed by atoms with van der Waals surface area (Å²) in [5.74, 6) is -0.126. The number of carbonyl (C=O) groups excluding carboxylic acids is 1. The standard InChI is InChI=1S/C15H20F3NO4/c1-3-23-14(20)12(19)7-10-4-5-13(21-2)11(6-10)8-22-9-15(16,17)18/h4-6,12H,3,7-9,19H2,1-2H3. The number of benzene rings is 1. The first kappa shape index (κ1) is 19.2. The van der Waals surface area contributed by atoms with Crippen molar-refractivity contribution in [2.45, 2.75) is 32.2 Å². The van der Waals surface area contributed by atoms with Crippen LogP contribution in [-0.4, -0.2) is 38.5 Å². The van der Waals surface area contributed by atoms with Crippen LogP contribution >= 0.6 is 0 Å². The molecule has 0 aliphatic carbocycles. The number of ether oxygens (including phenoxy) is 3. The summed E-state index contributed by atoms with van der Waals surface area (Å²) in [5, 5.41) is 0. The predicted octanol–water partition coefficient (Wildman–Crippen LogP) is 2.21. The van der Waals surface area contributed by atoms with Crippen LogP contribution in [0.25, 0.3) is 0 Å². The molecular formula is C15H20F3NO4. The number of halogens is 3. The molecule has 0 heterocycles. The quantitative estimate of drug-likeness (QED) is 0.738. The minimum Gasteiger partial charge on any atom is -0.496 e. The molecule has 23 heavy (non-hydrogen) atoms. The third kappa shape index (κ3) is 6.87. The molecule has 0 spiro atoms. The van der Waals surface area contributed by atoms with Gasteiger partial charge in [0, 0.05) is 5.56 Å². The molecule has 8 heteroatoms. The smallest absolute Gasteiger partial charge is 0.411 e. The molecule has 1 rings (SSSR count). The lowest BCUT2D eigenvalue weighted by Gasteiger charge is -2.14. The summed E-state index contributed by atoms with van der Waals surface area (Å²) >= 11 is 0. The van der Waals surface area contributed by atoms with Gasteiger partial charge in [-0.2, -0.15) is 13.2 Å². The second-order valence-electron chi connectivity index (χ2n) is 4.82. The van der Waals surface area contributed by atoms with Crippen LogP contribution < -0.4 is 10.5 Å². The number of hydrogen-bond acceptors (Lipinski definition) is 5. The van der Waals surface area contributed by atoms with E-state index < -0.39 is 24.8 Å². The number of methoxy groups -OCH3 is 1. The van der Waals surface area contributed by atoms with E-state index in [1.54, 1.807) is 25.1 Å². The van der Waals surface area contributed by atoms with Gasteiger partial charge in [-0.15, -0.1) is 0 Å². The van der Waals surface area contributed by atoms with Crippen molar-refractivity contribution in [2.24, 2.45) is 5.73 Å². The molecule has 0 bridgehead atoms. The molecule has 0 aliphatic rings. The third-order valence-corrected chi connectivity index (χ3v) is 2.91. The SMILES string of the molecule is CCOC(=O)C(N)Cc1ccc(OC)c(COCC(F)(F)F)c1. The Balaban J connectivity index is 2.75. The van der Waals surface area contributed by atoms with Crippen molar-refractivity contribution in [2.75, 3.05) is 20.3 Å². The van der Waals surface area contributed by atoms with Gasteiger partial charge < -0.3 is 19.9 Å². The lowest BCUT2D eigenvalue weighted by Crippen LogP contribution is -2.34. The van der Waals surface area contributed by atoms with Crippen molar-refractivity contribution in [3.63, 3.8) is 0 Å². The normalized spacial score (nSPS) is 12.8. The first-order chi connectivity index (χ1) is 10.8. The molecule has 130 valence electrons. The van der Waals surface area contributed by atoms with Gasteiger partial charge in [0.25, 0.3) is 0 Å². The Hall–Kier alpha value is -1.80. The Morgan fingerprint density at radius 2 is 2.04 bits per heavy atom. The van der Waals surface area contributed by atoms with Crippen molar-refractivity contribution in [3.05, 3.63) is 29.3 Å². The van der Waals surface area contributed by atoms with E-state index in [9.17, 15) is 18.0 Å². The summed E-state index contributed by atoms with van der Waals surface area (Å²) in [6.07, 6.45) is -4.19. The number of alkyl halides is 3. The molecule has 0 aromatic heterocycles. The summed E-state index contributed by atoms with van der Waals surface area (Å²) in [6.45, 7) is 0.299. The Morgan fingerprint density at radius 1 is 1.35 bits per heavy atom. The minimum atomic E-state index is -4.39. The van der Waals surface area contributed by atoms with Gasteiger partial charge in [-0.3, -0.25) is 4.79 Å². The summed E-state index contributed by atoms with van der Waals surface area (Å²) < 4.78 is 50.9. The topological polar surface area (TPSA) is 70.8 Å². The number of esters is 1. The summed E-state index contributed by atoms with van der Waals surface area (Å²) in [5.41, 5.74) is 6.85. The van der Waals surface area contributed by atoms with Crippen LogP contribution in [0.4, 0.5) is 13.2 Å². The van der Waals surface area contributed by atoms with Crippen molar-refractivity contribution >= 4 is 5.97 Å². The maximum Gasteiger partial charge on any atom is 0.411 e. The first-order valence-electron chi connectivity index (χ1n) is 6.99. The molecule has 0 amide bonds. The molecule has 1 aromatic rings. The van der Waals surface area contributed by atoms with Crippen LogP contribution in [0.15, 0.2) is 18.2 Å². The van der Waals surface area contributed by atoms with Gasteiger partial charge in [-0.1, -0.05) is 6.07 Å². The van der Waals surface area contributed by atoms with Crippen LogP contribution in [0, 0.1) is 0 Å². The highest BCUT2D eigenvalue weighted by atomic mass is 19.4. The van der Waals surface area contributed by atoms with Crippen LogP contribution in [0.3, 0.4) is 0 Å². The van der Waals surface area contributed by atoms with E-state index in [-0.39, 0.29) is 19.6 Å². The van der Waals surface area contributed by atoms with E-state index in [0.29, 0.717) is 16.9 Å². The van der Waals surface area contributed by atoms with E-state index in [0.717, 1.165) is 0 Å². The second kappa shape index (κ2) is 8.73. The maximum atomic E-state index is 12.1. The van der Waals surface area contributed by atoms with Crippen LogP contribution in [0.1, 0.15) is 18.1 Å². The second-order valence-corrected chi connectivity index (χ2v) is 4.82. The fourth-order valence-corrected chi connectivity index (χ4v) is 1.93. The van der Waals surface area contributed by atoms with E-state index in [4.69, 9.17) is 15.2 Å². The van der Waals surface area contributed by atoms with Gasteiger partial charge in [-0.25, -0.2) is 0 Å². The average molecular weight is 335 g/mol. The van der Waals surface area contributed by atoms with Crippen molar-refractivity contribution in [1.29, 1.82) is 0 Å². The molecule has 0 saturated carbocycles. The van der Waals surface area contributed by atoms with Crippen LogP contribution in [0.5, 0.6) is 5.75 Å². The van der Waals surface area contributed by atoms with E-state index in [2.05, 4.69) is 4.74 Å². The zero-order chi connectivity index (χ0) is 17.5. The molecule has 1 unspecified atom stereocenters. The van der Waals surface area contributed by atoms with Crippen LogP contribution in [0.2, 0.25) is 0 Å². The van der Waals surface area contributed by atoms with Gasteiger partial charge in [0.1, 0.15) is 18.4 Å². The van der Waals surface area contributed by atoms with Crippen molar-refractivity contribution < 1.29 is 32.2 Å². The summed E-state index contributed by atoms with van der Waals surface area (Å²) in [7, 11) is 1.41. The lowest BCUT2D eigenvalue weighted by molar-refractivity contribution is -0.176. The zero-order valence-corrected chi connectivity index (χ0v) is 13.0. The van der Waals surface area contributed by atoms with Gasteiger partial charge in [-0.05, 0) is 31.0 Å². The van der Waals surface area contributed by atoms with Crippen molar-refractivity contribution in [3.8, 4) is 5.75 Å². The van der Waals surface area contributed by atoms with Gasteiger partial charge in [0.15, 0.2) is 0 Å². The fraction of sp³-hybridized carbons (Fsp3) is 0.533. The molecule has 0 fully saturated rings. The molecule has 0 radical (unpaired) electrons. The summed E-state index contributed by atoms with van der Waals surface area (Å²) in [4.78, 5) is 11.5. The summed E-state index contributed by atoms with van der Waals surface area (Å²) in [6, 6.07) is 4.05. The number of carbonyl (C=O) groups is 1. The highest BCUT2D eigenvalue weighted by Crippen LogP contribution is 2.23. The fourth-order valence-electron chi connectivity index (χ4n) is 1.93. The van der Waals surface area contributed by atoms with E-state index in [1.807, 2.05) is 0 Å². The highest BCUT2D eigenvalue weighted by Gasteiger charge is 2.27. The minimum absolute atomic E-state index is 0.203. The molecule has 0 saturated heterocycles. The Labute approximate surface area is 132 Å². The largest absolute Gasteiger partial charge is 0.496 e. The van der Waals surface area contributed by atoms with E-state index in [1.165, 1.54) is 7.11 Å².